The van der Waals surface area contributed by atoms with Crippen molar-refractivity contribution in [2.45, 2.75) is 10.3 Å². The van der Waals surface area contributed by atoms with Gasteiger partial charge in [0.1, 0.15) is 0 Å². The largest absolute Gasteiger partial charge is 0.324 e. The quantitative estimate of drug-likeness (QED) is 0.290. The second-order valence-corrected chi connectivity index (χ2v) is 9.93. The summed E-state index contributed by atoms with van der Waals surface area (Å²) in [5, 5.41) is 29.5. The molecule has 0 saturated heterocycles. The van der Waals surface area contributed by atoms with Gasteiger partial charge in [-0.2, -0.15) is 0 Å². The average molecular weight is 565 g/mol. The maximum absolute atomic E-state index is 12.3. The number of tetrazole rings is 2. The van der Waals surface area contributed by atoms with Crippen molar-refractivity contribution in [3.8, 4) is 11.1 Å². The van der Waals surface area contributed by atoms with E-state index in [1.807, 2.05) is 12.1 Å². The van der Waals surface area contributed by atoms with Gasteiger partial charge in [-0.3, -0.25) is 9.59 Å². The van der Waals surface area contributed by atoms with Crippen LogP contribution in [-0.2, 0) is 23.7 Å². The fourth-order valence-corrected chi connectivity index (χ4v) is 4.67. The fraction of sp³-hybridized carbons (Fsp3) is 0.200. The summed E-state index contributed by atoms with van der Waals surface area (Å²) in [5.74, 6) is -0.227. The third-order valence-corrected chi connectivity index (χ3v) is 7.29. The normalized spacial score (nSPS) is 10.9. The fourth-order valence-electron chi connectivity index (χ4n) is 2.91. The Morgan fingerprint density at radius 3 is 1.53 bits per heavy atom. The van der Waals surface area contributed by atoms with Crippen LogP contribution in [0.25, 0.3) is 11.1 Å². The van der Waals surface area contributed by atoms with Crippen LogP contribution >= 0.6 is 46.7 Å². The lowest BCUT2D eigenvalue weighted by atomic mass is 10.0. The van der Waals surface area contributed by atoms with Crippen molar-refractivity contribution < 1.29 is 9.59 Å². The lowest BCUT2D eigenvalue weighted by Crippen LogP contribution is -2.15. The van der Waals surface area contributed by atoms with Crippen molar-refractivity contribution in [3.63, 3.8) is 0 Å². The number of nitrogens with one attached hydrogen (secondary N) is 2. The number of aryl methyl sites for hydroxylation is 2. The van der Waals surface area contributed by atoms with Gasteiger partial charge in [0.2, 0.25) is 22.1 Å². The molecule has 2 aromatic heterocycles. The van der Waals surface area contributed by atoms with Crippen molar-refractivity contribution in [3.05, 3.63) is 46.4 Å². The van der Waals surface area contributed by atoms with Crippen molar-refractivity contribution in [2.75, 3.05) is 22.1 Å². The zero-order valence-corrected chi connectivity index (χ0v) is 22.0. The Kier molecular flexibility index (Phi) is 8.40. The Morgan fingerprint density at radius 1 is 0.778 bits per heavy atom. The second-order valence-electron chi connectivity index (χ2n) is 7.23. The highest BCUT2D eigenvalue weighted by molar-refractivity contribution is 8.00. The summed E-state index contributed by atoms with van der Waals surface area (Å²) >= 11 is 15.2. The van der Waals surface area contributed by atoms with Crippen molar-refractivity contribution >= 4 is 69.9 Å². The van der Waals surface area contributed by atoms with Crippen LogP contribution in [0.15, 0.2) is 46.7 Å². The van der Waals surface area contributed by atoms with Crippen LogP contribution in [0.5, 0.6) is 0 Å². The van der Waals surface area contributed by atoms with Crippen LogP contribution in [0, 0.1) is 0 Å². The summed E-state index contributed by atoms with van der Waals surface area (Å²) in [4.78, 5) is 24.6. The first kappa shape index (κ1) is 25.9. The van der Waals surface area contributed by atoms with Gasteiger partial charge in [0, 0.05) is 14.1 Å². The molecular weight excluding hydrogens is 547 g/mol. The maximum atomic E-state index is 12.3. The number of carbonyl (C=O) groups excluding carboxylic acids is 2. The van der Waals surface area contributed by atoms with E-state index in [0.29, 0.717) is 31.7 Å². The van der Waals surface area contributed by atoms with E-state index in [0.717, 1.165) is 11.1 Å². The van der Waals surface area contributed by atoms with E-state index in [4.69, 9.17) is 23.2 Å². The summed E-state index contributed by atoms with van der Waals surface area (Å²) in [6, 6.07) is 10.5. The van der Waals surface area contributed by atoms with Crippen LogP contribution < -0.4 is 10.6 Å². The average Bonchev–Trinajstić information content (AvgIpc) is 3.46. The smallest absolute Gasteiger partial charge is 0.234 e. The number of carbonyl (C=O) groups is 2. The Bertz CT molecular complexity index is 1310. The van der Waals surface area contributed by atoms with Crippen molar-refractivity contribution in [1.82, 2.24) is 40.4 Å². The number of hydrogen-bond acceptors (Lipinski definition) is 10. The second kappa shape index (κ2) is 11.7. The molecule has 0 spiro atoms. The van der Waals surface area contributed by atoms with Gasteiger partial charge in [0.25, 0.3) is 0 Å². The van der Waals surface area contributed by atoms with E-state index in [2.05, 4.69) is 41.7 Å². The number of benzene rings is 2. The molecule has 0 aliphatic heterocycles. The maximum Gasteiger partial charge on any atom is 0.234 e. The summed E-state index contributed by atoms with van der Waals surface area (Å²) in [6.07, 6.45) is 0. The SMILES string of the molecule is Cn1nnnc1SCC(=O)Nc1ccc(-c2ccc(NC(=O)CSc3nnnn3C)c(Cl)c2)cc1Cl. The lowest BCUT2D eigenvalue weighted by molar-refractivity contribution is -0.114. The van der Waals surface area contributed by atoms with E-state index in [1.54, 1.807) is 38.4 Å². The number of halogens is 2. The van der Waals surface area contributed by atoms with Gasteiger partial charge in [0.05, 0.1) is 32.9 Å². The number of thioether (sulfide) groups is 2. The molecule has 16 heteroatoms. The number of rotatable bonds is 9. The molecule has 12 nitrogen and oxygen atoms in total. The highest BCUT2D eigenvalue weighted by atomic mass is 35.5. The van der Waals surface area contributed by atoms with E-state index >= 15 is 0 Å². The van der Waals surface area contributed by atoms with Crippen LogP contribution in [-0.4, -0.2) is 63.7 Å². The van der Waals surface area contributed by atoms with Crippen LogP contribution in [0.1, 0.15) is 0 Å². The standard InChI is InChI=1S/C20H18Cl2N10O2S2/c1-31-19(25-27-29-31)35-9-17(33)23-15-5-3-11(7-13(15)21)12-4-6-16(14(22)8-12)24-18(34)10-36-20-26-28-30-32(20)2/h3-8H,9-10H2,1-2H3,(H,23,33)(H,24,34). The predicted molar refractivity (Wildman–Crippen MR) is 138 cm³/mol. The van der Waals surface area contributed by atoms with Crippen molar-refractivity contribution in [2.24, 2.45) is 14.1 Å². The molecule has 0 fully saturated rings. The molecule has 186 valence electrons. The molecule has 0 aliphatic carbocycles. The Morgan fingerprint density at radius 2 is 1.19 bits per heavy atom. The molecule has 0 bridgehead atoms. The molecule has 0 aliphatic rings. The zero-order chi connectivity index (χ0) is 25.7. The third-order valence-electron chi connectivity index (χ3n) is 4.65. The Balaban J connectivity index is 1.35. The van der Waals surface area contributed by atoms with Gasteiger partial charge in [-0.15, -0.1) is 10.2 Å². The molecule has 2 N–H and O–H groups in total. The van der Waals surface area contributed by atoms with E-state index in [-0.39, 0.29) is 23.3 Å². The highest BCUT2D eigenvalue weighted by Gasteiger charge is 2.13. The molecule has 2 heterocycles. The van der Waals surface area contributed by atoms with Gasteiger partial charge in [-0.1, -0.05) is 58.9 Å². The summed E-state index contributed by atoms with van der Waals surface area (Å²) < 4.78 is 2.97. The van der Waals surface area contributed by atoms with Crippen LogP contribution in [0.4, 0.5) is 11.4 Å². The highest BCUT2D eigenvalue weighted by Crippen LogP contribution is 2.33. The molecule has 4 rings (SSSR count). The Hall–Kier alpha value is -3.20. The molecule has 36 heavy (non-hydrogen) atoms. The first-order valence-electron chi connectivity index (χ1n) is 10.2. The monoisotopic (exact) mass is 564 g/mol. The lowest BCUT2D eigenvalue weighted by Gasteiger charge is -2.11. The molecule has 2 aromatic carbocycles. The minimum Gasteiger partial charge on any atom is -0.324 e. The third kappa shape index (κ3) is 6.51. The molecular formula is C20H18Cl2N10O2S2. The molecule has 0 unspecified atom stereocenters. The van der Waals surface area contributed by atoms with Gasteiger partial charge in [-0.05, 0) is 56.2 Å². The molecule has 4 aromatic rings. The minimum absolute atomic E-state index is 0.128. The summed E-state index contributed by atoms with van der Waals surface area (Å²) in [7, 11) is 3.39. The molecule has 0 radical (unpaired) electrons. The number of hydrogen-bond donors (Lipinski definition) is 2. The van der Waals surface area contributed by atoms with Gasteiger partial charge in [0.15, 0.2) is 0 Å². The summed E-state index contributed by atoms with van der Waals surface area (Å²) in [5.41, 5.74) is 2.55. The first-order chi connectivity index (χ1) is 17.3. The van der Waals surface area contributed by atoms with E-state index < -0.39 is 0 Å². The number of nitrogens with zero attached hydrogens (tertiary/aromatic N) is 8. The summed E-state index contributed by atoms with van der Waals surface area (Å²) in [6.45, 7) is 0. The first-order valence-corrected chi connectivity index (χ1v) is 12.9. The van der Waals surface area contributed by atoms with Gasteiger partial charge < -0.3 is 10.6 Å². The minimum atomic E-state index is -0.241. The topological polar surface area (TPSA) is 145 Å². The van der Waals surface area contributed by atoms with Crippen molar-refractivity contribution in [1.29, 1.82) is 0 Å². The number of anilines is 2. The van der Waals surface area contributed by atoms with Crippen LogP contribution in [0.2, 0.25) is 10.0 Å². The van der Waals surface area contributed by atoms with E-state index in [9.17, 15) is 9.59 Å². The molecule has 2 amide bonds. The van der Waals surface area contributed by atoms with Gasteiger partial charge >= 0.3 is 0 Å². The van der Waals surface area contributed by atoms with Crippen LogP contribution in [0.3, 0.4) is 0 Å². The number of aromatic nitrogens is 8. The molecule has 0 saturated carbocycles. The molecule has 0 atom stereocenters. The predicted octanol–water partition coefficient (Wildman–Crippen LogP) is 3.17. The van der Waals surface area contributed by atoms with Gasteiger partial charge in [-0.25, -0.2) is 9.36 Å². The zero-order valence-electron chi connectivity index (χ0n) is 18.8. The number of amides is 2. The van der Waals surface area contributed by atoms with E-state index in [1.165, 1.54) is 32.9 Å². The Labute approximate surface area is 223 Å².